The number of anilines is 1. The Bertz CT molecular complexity index is 1000. The summed E-state index contributed by atoms with van der Waals surface area (Å²) in [6.45, 7) is 6.91. The number of hydrogen-bond donors (Lipinski definition) is 2. The summed E-state index contributed by atoms with van der Waals surface area (Å²) in [5.41, 5.74) is 2.69. The molecule has 0 unspecified atom stereocenters. The second-order valence-corrected chi connectivity index (χ2v) is 8.34. The first kappa shape index (κ1) is 21.3. The van der Waals surface area contributed by atoms with Crippen molar-refractivity contribution in [2.24, 2.45) is 0 Å². The van der Waals surface area contributed by atoms with Crippen LogP contribution < -0.4 is 5.32 Å². The zero-order valence-corrected chi connectivity index (χ0v) is 17.9. The van der Waals surface area contributed by atoms with E-state index in [0.717, 1.165) is 11.4 Å². The molecule has 0 spiro atoms. The molecule has 0 radical (unpaired) electrons. The fourth-order valence-electron chi connectivity index (χ4n) is 3.11. The van der Waals surface area contributed by atoms with Crippen LogP contribution in [-0.2, 0) is 11.8 Å². The number of amides is 2. The molecule has 0 aliphatic carbocycles. The summed E-state index contributed by atoms with van der Waals surface area (Å²) in [7, 11) is 1.75. The molecule has 0 fully saturated rings. The number of hydrogen-bond acceptors (Lipinski definition) is 3. The van der Waals surface area contributed by atoms with Gasteiger partial charge in [-0.3, -0.25) is 9.59 Å². The first-order chi connectivity index (χ1) is 14.3. The van der Waals surface area contributed by atoms with Crippen molar-refractivity contribution in [3.05, 3.63) is 83.4 Å². The maximum atomic E-state index is 12.9. The molecule has 3 rings (SSSR count). The van der Waals surface area contributed by atoms with Crippen LogP contribution in [0.2, 0.25) is 0 Å². The van der Waals surface area contributed by atoms with Gasteiger partial charge in [-0.05, 0) is 35.2 Å². The van der Waals surface area contributed by atoms with Gasteiger partial charge in [0.25, 0.3) is 11.8 Å². The number of aromatic nitrogens is 2. The lowest BCUT2D eigenvalue weighted by atomic mass is 9.86. The largest absolute Gasteiger partial charge is 0.349 e. The second-order valence-electron chi connectivity index (χ2n) is 8.34. The predicted molar refractivity (Wildman–Crippen MR) is 119 cm³/mol. The molecule has 30 heavy (non-hydrogen) atoms. The zero-order chi connectivity index (χ0) is 21.7. The summed E-state index contributed by atoms with van der Waals surface area (Å²) >= 11 is 0. The van der Waals surface area contributed by atoms with Crippen LogP contribution in [0.15, 0.2) is 60.9 Å². The molecule has 3 aromatic rings. The van der Waals surface area contributed by atoms with E-state index in [1.807, 2.05) is 24.3 Å². The SMILES string of the molecule is CN(CCc1ncc[nH]1)C(=O)c1ccccc1NC(=O)c1ccc(C(C)(C)C)cc1. The van der Waals surface area contributed by atoms with Crippen molar-refractivity contribution in [2.75, 3.05) is 18.9 Å². The highest BCUT2D eigenvalue weighted by Crippen LogP contribution is 2.23. The average molecular weight is 405 g/mol. The van der Waals surface area contributed by atoms with Crippen molar-refractivity contribution >= 4 is 17.5 Å². The summed E-state index contributed by atoms with van der Waals surface area (Å²) < 4.78 is 0. The highest BCUT2D eigenvalue weighted by atomic mass is 16.2. The lowest BCUT2D eigenvalue weighted by molar-refractivity contribution is 0.0797. The minimum atomic E-state index is -0.242. The lowest BCUT2D eigenvalue weighted by Gasteiger charge is -2.20. The predicted octanol–water partition coefficient (Wildman–Crippen LogP) is 4.27. The number of para-hydroxylation sites is 1. The van der Waals surface area contributed by atoms with Gasteiger partial charge in [-0.2, -0.15) is 0 Å². The van der Waals surface area contributed by atoms with Gasteiger partial charge in [-0.15, -0.1) is 0 Å². The third-order valence-electron chi connectivity index (χ3n) is 5.00. The van der Waals surface area contributed by atoms with E-state index >= 15 is 0 Å². The Morgan fingerprint density at radius 1 is 1.07 bits per heavy atom. The highest BCUT2D eigenvalue weighted by molar-refractivity contribution is 6.09. The van der Waals surface area contributed by atoms with E-state index in [1.54, 1.807) is 48.6 Å². The number of nitrogens with one attached hydrogen (secondary N) is 2. The fraction of sp³-hybridized carbons (Fsp3) is 0.292. The van der Waals surface area contributed by atoms with Crippen LogP contribution in [-0.4, -0.2) is 40.3 Å². The van der Waals surface area contributed by atoms with Gasteiger partial charge in [0.1, 0.15) is 5.82 Å². The molecule has 1 heterocycles. The van der Waals surface area contributed by atoms with Gasteiger partial charge < -0.3 is 15.2 Å². The molecule has 0 atom stereocenters. The molecular weight excluding hydrogens is 376 g/mol. The van der Waals surface area contributed by atoms with Gasteiger partial charge >= 0.3 is 0 Å². The van der Waals surface area contributed by atoms with Crippen molar-refractivity contribution in [2.45, 2.75) is 32.6 Å². The summed E-state index contributed by atoms with van der Waals surface area (Å²) in [6.07, 6.45) is 4.08. The molecule has 2 N–H and O–H groups in total. The standard InChI is InChI=1S/C24H28N4O2/c1-24(2,3)18-11-9-17(10-12-18)22(29)27-20-8-6-5-7-19(20)23(30)28(4)16-13-21-25-14-15-26-21/h5-12,14-15H,13,16H2,1-4H3,(H,25,26)(H,27,29). The van der Waals surface area contributed by atoms with Crippen LogP contribution in [0.1, 0.15) is 52.9 Å². The van der Waals surface area contributed by atoms with Gasteiger partial charge in [0.2, 0.25) is 0 Å². The van der Waals surface area contributed by atoms with Gasteiger partial charge in [-0.25, -0.2) is 4.98 Å². The van der Waals surface area contributed by atoms with Crippen LogP contribution in [0.3, 0.4) is 0 Å². The van der Waals surface area contributed by atoms with Gasteiger partial charge in [-0.1, -0.05) is 45.0 Å². The fourth-order valence-corrected chi connectivity index (χ4v) is 3.11. The second kappa shape index (κ2) is 8.95. The van der Waals surface area contributed by atoms with Crippen molar-refractivity contribution in [1.29, 1.82) is 0 Å². The number of aromatic amines is 1. The Balaban J connectivity index is 1.71. The van der Waals surface area contributed by atoms with E-state index < -0.39 is 0 Å². The van der Waals surface area contributed by atoms with Crippen LogP contribution in [0, 0.1) is 0 Å². The number of likely N-dealkylation sites (N-methyl/N-ethyl adjacent to an activating group) is 1. The monoisotopic (exact) mass is 404 g/mol. The van der Waals surface area contributed by atoms with Crippen LogP contribution in [0.4, 0.5) is 5.69 Å². The highest BCUT2D eigenvalue weighted by Gasteiger charge is 2.18. The summed E-state index contributed by atoms with van der Waals surface area (Å²) in [4.78, 5) is 34.5. The maximum absolute atomic E-state index is 12.9. The third-order valence-corrected chi connectivity index (χ3v) is 5.00. The molecule has 0 aliphatic heterocycles. The Morgan fingerprint density at radius 2 is 1.77 bits per heavy atom. The molecule has 0 bridgehead atoms. The number of H-pyrrole nitrogens is 1. The Kier molecular flexibility index (Phi) is 6.35. The van der Waals surface area contributed by atoms with Crippen molar-refractivity contribution in [3.8, 4) is 0 Å². The van der Waals surface area contributed by atoms with E-state index in [2.05, 4.69) is 36.1 Å². The minimum Gasteiger partial charge on any atom is -0.349 e. The topological polar surface area (TPSA) is 78.1 Å². The molecule has 0 saturated heterocycles. The van der Waals surface area contributed by atoms with E-state index in [4.69, 9.17) is 0 Å². The molecule has 0 saturated carbocycles. The van der Waals surface area contributed by atoms with E-state index in [0.29, 0.717) is 29.8 Å². The summed E-state index contributed by atoms with van der Waals surface area (Å²) in [5, 5.41) is 2.89. The number of benzene rings is 2. The smallest absolute Gasteiger partial charge is 0.255 e. The molecule has 6 heteroatoms. The van der Waals surface area contributed by atoms with Crippen LogP contribution in [0.25, 0.3) is 0 Å². The van der Waals surface area contributed by atoms with Gasteiger partial charge in [0.15, 0.2) is 0 Å². The van der Waals surface area contributed by atoms with E-state index in [9.17, 15) is 9.59 Å². The van der Waals surface area contributed by atoms with Gasteiger partial charge in [0.05, 0.1) is 11.3 Å². The average Bonchev–Trinajstić information content (AvgIpc) is 3.25. The Hall–Kier alpha value is -3.41. The van der Waals surface area contributed by atoms with Crippen molar-refractivity contribution < 1.29 is 9.59 Å². The quantitative estimate of drug-likeness (QED) is 0.644. The molecule has 2 amide bonds. The first-order valence-corrected chi connectivity index (χ1v) is 10.0. The number of rotatable bonds is 6. The van der Waals surface area contributed by atoms with Gasteiger partial charge in [0, 0.05) is 38.0 Å². The lowest BCUT2D eigenvalue weighted by Crippen LogP contribution is -2.30. The molecule has 156 valence electrons. The van der Waals surface area contributed by atoms with E-state index in [-0.39, 0.29) is 17.2 Å². The normalized spacial score (nSPS) is 11.2. The third kappa shape index (κ3) is 5.14. The summed E-state index contributed by atoms with van der Waals surface area (Å²) in [6, 6.07) is 14.6. The maximum Gasteiger partial charge on any atom is 0.255 e. The molecule has 2 aromatic carbocycles. The number of nitrogens with zero attached hydrogens (tertiary/aromatic N) is 2. The van der Waals surface area contributed by atoms with Crippen molar-refractivity contribution in [1.82, 2.24) is 14.9 Å². The van der Waals surface area contributed by atoms with E-state index in [1.165, 1.54) is 0 Å². The minimum absolute atomic E-state index is 0.0221. The number of imidazole rings is 1. The number of carbonyl (C=O) groups is 2. The van der Waals surface area contributed by atoms with Crippen LogP contribution >= 0.6 is 0 Å². The molecular formula is C24H28N4O2. The Morgan fingerprint density at radius 3 is 2.40 bits per heavy atom. The Labute approximate surface area is 177 Å². The molecule has 0 aliphatic rings. The van der Waals surface area contributed by atoms with Crippen molar-refractivity contribution in [3.63, 3.8) is 0 Å². The summed E-state index contributed by atoms with van der Waals surface area (Å²) in [5.74, 6) is 0.435. The zero-order valence-electron chi connectivity index (χ0n) is 17.9. The first-order valence-electron chi connectivity index (χ1n) is 10.0. The molecule has 1 aromatic heterocycles. The van der Waals surface area contributed by atoms with Crippen LogP contribution in [0.5, 0.6) is 0 Å². The number of carbonyl (C=O) groups excluding carboxylic acids is 2. The molecule has 6 nitrogen and oxygen atoms in total.